The fourth-order valence-electron chi connectivity index (χ4n) is 3.43. The van der Waals surface area contributed by atoms with Gasteiger partial charge in [-0.2, -0.15) is 0 Å². The zero-order valence-corrected chi connectivity index (χ0v) is 15.4. The van der Waals surface area contributed by atoms with Crippen LogP contribution in [0.15, 0.2) is 54.9 Å². The van der Waals surface area contributed by atoms with E-state index in [9.17, 15) is 5.11 Å². The van der Waals surface area contributed by atoms with Crippen LogP contribution in [0, 0.1) is 5.41 Å². The maximum Gasteiger partial charge on any atom is 0.228 e. The molecule has 1 atom stereocenters. The van der Waals surface area contributed by atoms with E-state index in [1.165, 1.54) is 0 Å². The Morgan fingerprint density at radius 2 is 1.96 bits per heavy atom. The molecule has 0 amide bonds. The summed E-state index contributed by atoms with van der Waals surface area (Å²) in [6, 6.07) is 15.2. The number of likely N-dealkylation sites (N-methyl/N-ethyl adjacent to an activating group) is 1. The van der Waals surface area contributed by atoms with Crippen LogP contribution in [-0.2, 0) is 6.54 Å². The summed E-state index contributed by atoms with van der Waals surface area (Å²) in [6.07, 6.45) is 1.65. The number of phenols is 1. The zero-order valence-electron chi connectivity index (χ0n) is 15.4. The number of nitrogens with zero attached hydrogens (tertiary/aromatic N) is 3. The number of ether oxygens (including phenoxy) is 1. The number of aromatic hydroxyl groups is 1. The quantitative estimate of drug-likeness (QED) is 0.585. The molecule has 4 rings (SSSR count). The Morgan fingerprint density at radius 3 is 2.70 bits per heavy atom. The fraction of sp³-hybridized carbons (Fsp3) is 0.238. The topological polar surface area (TPSA) is 74.4 Å². The maximum atomic E-state index is 9.87. The number of hydrogen-bond acceptors (Lipinski definition) is 5. The van der Waals surface area contributed by atoms with Gasteiger partial charge < -0.3 is 19.3 Å². The van der Waals surface area contributed by atoms with Crippen molar-refractivity contribution in [3.8, 4) is 17.4 Å². The fourth-order valence-corrected chi connectivity index (χ4v) is 3.43. The van der Waals surface area contributed by atoms with Crippen LogP contribution in [-0.4, -0.2) is 40.2 Å². The van der Waals surface area contributed by atoms with Crippen molar-refractivity contribution in [1.29, 1.82) is 5.41 Å². The second kappa shape index (κ2) is 6.89. The van der Waals surface area contributed by atoms with Gasteiger partial charge in [-0.3, -0.25) is 5.41 Å². The third-order valence-corrected chi connectivity index (χ3v) is 4.81. The molecule has 27 heavy (non-hydrogen) atoms. The van der Waals surface area contributed by atoms with Crippen molar-refractivity contribution in [2.75, 3.05) is 20.6 Å². The largest absolute Gasteiger partial charge is 0.508 e. The summed E-state index contributed by atoms with van der Waals surface area (Å²) in [6.45, 7) is 1.49. The molecule has 3 aromatic rings. The Balaban J connectivity index is 1.90. The Labute approximate surface area is 157 Å². The summed E-state index contributed by atoms with van der Waals surface area (Å²) in [7, 11) is 4.02. The van der Waals surface area contributed by atoms with Crippen molar-refractivity contribution in [1.82, 2.24) is 14.5 Å². The van der Waals surface area contributed by atoms with E-state index in [0.29, 0.717) is 23.7 Å². The molecule has 0 aliphatic carbocycles. The van der Waals surface area contributed by atoms with Gasteiger partial charge in [0.05, 0.1) is 5.56 Å². The average molecular weight is 362 g/mol. The van der Waals surface area contributed by atoms with Crippen LogP contribution in [0.3, 0.4) is 0 Å². The molecule has 2 heterocycles. The smallest absolute Gasteiger partial charge is 0.228 e. The zero-order chi connectivity index (χ0) is 19.0. The minimum Gasteiger partial charge on any atom is -0.508 e. The highest BCUT2D eigenvalue weighted by Crippen LogP contribution is 2.45. The van der Waals surface area contributed by atoms with Crippen molar-refractivity contribution in [3.63, 3.8) is 0 Å². The lowest BCUT2D eigenvalue weighted by Crippen LogP contribution is -2.32. The van der Waals surface area contributed by atoms with E-state index in [1.54, 1.807) is 18.5 Å². The molecule has 0 bridgehead atoms. The van der Waals surface area contributed by atoms with Crippen molar-refractivity contribution >= 4 is 0 Å². The van der Waals surface area contributed by atoms with Crippen molar-refractivity contribution in [3.05, 3.63) is 77.0 Å². The van der Waals surface area contributed by atoms with Gasteiger partial charge in [-0.05, 0) is 25.7 Å². The van der Waals surface area contributed by atoms with Crippen LogP contribution < -0.4 is 10.2 Å². The first-order valence-corrected chi connectivity index (χ1v) is 8.89. The SMILES string of the molecule is CN(C)CCn1cnc2c(c1=N)C(c1ccccc1)c1ccc(O)cc1O2. The van der Waals surface area contributed by atoms with Gasteiger partial charge in [0.15, 0.2) is 0 Å². The molecule has 6 heteroatoms. The van der Waals surface area contributed by atoms with E-state index in [4.69, 9.17) is 10.1 Å². The van der Waals surface area contributed by atoms with Gasteiger partial charge in [0.25, 0.3) is 0 Å². The lowest BCUT2D eigenvalue weighted by atomic mass is 9.84. The molecule has 0 fully saturated rings. The number of hydrogen-bond donors (Lipinski definition) is 2. The number of phenolic OH excluding ortho intramolecular Hbond substituents is 1. The van der Waals surface area contributed by atoms with Gasteiger partial charge in [0.2, 0.25) is 5.88 Å². The molecule has 0 saturated carbocycles. The molecule has 2 aromatic carbocycles. The van der Waals surface area contributed by atoms with Crippen LogP contribution in [0.5, 0.6) is 17.4 Å². The number of rotatable bonds is 4. The summed E-state index contributed by atoms with van der Waals surface area (Å²) >= 11 is 0. The Bertz CT molecular complexity index is 1030. The van der Waals surface area contributed by atoms with Crippen molar-refractivity contribution < 1.29 is 9.84 Å². The van der Waals surface area contributed by atoms with E-state index in [1.807, 2.05) is 55.1 Å². The predicted molar refractivity (Wildman–Crippen MR) is 102 cm³/mol. The van der Waals surface area contributed by atoms with Crippen molar-refractivity contribution in [2.45, 2.75) is 12.5 Å². The van der Waals surface area contributed by atoms with Gasteiger partial charge in [0, 0.05) is 30.6 Å². The molecule has 1 aliphatic rings. The summed E-state index contributed by atoms with van der Waals surface area (Å²) in [5.41, 5.74) is 3.14. The molecule has 2 N–H and O–H groups in total. The van der Waals surface area contributed by atoms with Crippen LogP contribution >= 0.6 is 0 Å². The van der Waals surface area contributed by atoms with E-state index in [0.717, 1.165) is 23.2 Å². The molecule has 6 nitrogen and oxygen atoms in total. The van der Waals surface area contributed by atoms with Gasteiger partial charge in [-0.15, -0.1) is 0 Å². The van der Waals surface area contributed by atoms with Crippen LogP contribution in [0.4, 0.5) is 0 Å². The first kappa shape index (κ1) is 17.3. The number of fused-ring (bicyclic) bond motifs is 2. The molecule has 0 saturated heterocycles. The summed E-state index contributed by atoms with van der Waals surface area (Å²) < 4.78 is 7.81. The highest BCUT2D eigenvalue weighted by atomic mass is 16.5. The molecule has 0 radical (unpaired) electrons. The third kappa shape index (κ3) is 3.19. The Hall–Kier alpha value is -3.12. The molecule has 1 unspecified atom stereocenters. The van der Waals surface area contributed by atoms with Crippen LogP contribution in [0.1, 0.15) is 22.6 Å². The summed E-state index contributed by atoms with van der Waals surface area (Å²) in [5.74, 6) is 0.979. The number of aromatic nitrogens is 2. The van der Waals surface area contributed by atoms with E-state index in [-0.39, 0.29) is 11.7 Å². The van der Waals surface area contributed by atoms with Crippen LogP contribution in [0.2, 0.25) is 0 Å². The van der Waals surface area contributed by atoms with E-state index >= 15 is 0 Å². The first-order chi connectivity index (χ1) is 13.0. The average Bonchev–Trinajstić information content (AvgIpc) is 2.66. The van der Waals surface area contributed by atoms with E-state index in [2.05, 4.69) is 9.88 Å². The second-order valence-corrected chi connectivity index (χ2v) is 6.98. The minimum atomic E-state index is -0.169. The molecule has 1 aliphatic heterocycles. The lowest BCUT2D eigenvalue weighted by Gasteiger charge is -2.28. The highest BCUT2D eigenvalue weighted by Gasteiger charge is 2.32. The molecule has 0 spiro atoms. The normalized spacial score (nSPS) is 15.1. The molecular formula is C21H22N4O2. The number of nitrogens with one attached hydrogen (secondary N) is 1. The Morgan fingerprint density at radius 1 is 1.19 bits per heavy atom. The van der Waals surface area contributed by atoms with Crippen LogP contribution in [0.25, 0.3) is 0 Å². The van der Waals surface area contributed by atoms with Crippen molar-refractivity contribution in [2.24, 2.45) is 0 Å². The monoisotopic (exact) mass is 362 g/mol. The highest BCUT2D eigenvalue weighted by molar-refractivity contribution is 5.57. The predicted octanol–water partition coefficient (Wildman–Crippen LogP) is 2.92. The van der Waals surface area contributed by atoms with E-state index < -0.39 is 0 Å². The Kier molecular flexibility index (Phi) is 4.41. The standard InChI is InChI=1S/C21H22N4O2/c1-24(2)10-11-25-13-23-21-19(20(25)22)18(14-6-4-3-5-7-14)16-9-8-15(26)12-17(16)27-21/h3-9,12-13,18,22,26H,10-11H2,1-2H3. The number of benzene rings is 2. The first-order valence-electron chi connectivity index (χ1n) is 8.89. The van der Waals surface area contributed by atoms with Gasteiger partial charge in [-0.1, -0.05) is 36.4 Å². The molecular weight excluding hydrogens is 340 g/mol. The summed E-state index contributed by atoms with van der Waals surface area (Å²) in [5, 5.41) is 18.7. The van der Waals surface area contributed by atoms with Gasteiger partial charge >= 0.3 is 0 Å². The summed E-state index contributed by atoms with van der Waals surface area (Å²) in [4.78, 5) is 6.56. The maximum absolute atomic E-state index is 9.87. The lowest BCUT2D eigenvalue weighted by molar-refractivity contribution is 0.370. The van der Waals surface area contributed by atoms with Gasteiger partial charge in [0.1, 0.15) is 23.3 Å². The van der Waals surface area contributed by atoms with Gasteiger partial charge in [-0.25, -0.2) is 4.98 Å². The third-order valence-electron chi connectivity index (χ3n) is 4.81. The minimum absolute atomic E-state index is 0.145. The molecule has 1 aromatic heterocycles. The second-order valence-electron chi connectivity index (χ2n) is 6.98. The molecule has 138 valence electrons.